The largest absolute Gasteiger partial charge is 0.416 e. The third-order valence-electron chi connectivity index (χ3n) is 4.60. The van der Waals surface area contributed by atoms with Crippen LogP contribution in [0.25, 0.3) is 0 Å². The zero-order chi connectivity index (χ0) is 15.6. The molecule has 1 saturated carbocycles. The number of benzene rings is 1. The van der Waals surface area contributed by atoms with Crippen molar-refractivity contribution < 1.29 is 13.2 Å². The molecular weight excluding hydrogens is 291 g/mol. The Morgan fingerprint density at radius 3 is 2.64 bits per heavy atom. The van der Waals surface area contributed by atoms with Gasteiger partial charge in [-0.2, -0.15) is 13.2 Å². The van der Waals surface area contributed by atoms with Gasteiger partial charge in [-0.1, -0.05) is 24.6 Å². The molecule has 1 fully saturated rings. The van der Waals surface area contributed by atoms with Gasteiger partial charge < -0.3 is 10.6 Å². The van der Waals surface area contributed by atoms with Crippen LogP contribution in [-0.4, -0.2) is 25.6 Å². The van der Waals surface area contributed by atoms with Crippen molar-refractivity contribution in [1.29, 1.82) is 0 Å². The lowest BCUT2D eigenvalue weighted by atomic mass is 9.64. The Balaban J connectivity index is 1.76. The van der Waals surface area contributed by atoms with Gasteiger partial charge >= 0.3 is 6.18 Å². The Bertz CT molecular complexity index is 562. The standard InChI is InChI=1S/C16H20F3N3/c17-16(18,19)13-5-1-4-12(10-13)15(6-2-7-15)11-22-14-20-8-3-9-21-14/h1,4-5,10H,2-3,6-9,11H2,(H2,20,21,22). The van der Waals surface area contributed by atoms with Gasteiger partial charge in [-0.25, -0.2) is 0 Å². The SMILES string of the molecule is FC(F)(F)c1cccc(C2(CNC3=NCCCN3)CCC2)c1. The van der Waals surface area contributed by atoms with Crippen molar-refractivity contribution in [2.75, 3.05) is 19.6 Å². The van der Waals surface area contributed by atoms with Crippen LogP contribution in [0, 0.1) is 0 Å². The normalized spacial score (nSPS) is 20.6. The molecule has 1 aliphatic carbocycles. The zero-order valence-electron chi connectivity index (χ0n) is 12.3. The highest BCUT2D eigenvalue weighted by Crippen LogP contribution is 2.44. The van der Waals surface area contributed by atoms with Crippen LogP contribution in [0.1, 0.15) is 36.8 Å². The molecule has 2 N–H and O–H groups in total. The molecule has 0 radical (unpaired) electrons. The third kappa shape index (κ3) is 3.05. The summed E-state index contributed by atoms with van der Waals surface area (Å²) >= 11 is 0. The fourth-order valence-electron chi connectivity index (χ4n) is 3.10. The predicted molar refractivity (Wildman–Crippen MR) is 79.9 cm³/mol. The maximum atomic E-state index is 12.9. The van der Waals surface area contributed by atoms with Crippen LogP contribution in [0.2, 0.25) is 0 Å². The minimum atomic E-state index is -4.29. The fourth-order valence-corrected chi connectivity index (χ4v) is 3.10. The van der Waals surface area contributed by atoms with Crippen LogP contribution in [0.4, 0.5) is 13.2 Å². The van der Waals surface area contributed by atoms with Crippen LogP contribution in [0.3, 0.4) is 0 Å². The van der Waals surface area contributed by atoms with Crippen molar-refractivity contribution in [3.05, 3.63) is 35.4 Å². The van der Waals surface area contributed by atoms with E-state index in [0.29, 0.717) is 6.54 Å². The minimum Gasteiger partial charge on any atom is -0.356 e. The second-order valence-corrected chi connectivity index (χ2v) is 6.08. The number of hydrogen-bond donors (Lipinski definition) is 2. The number of rotatable bonds is 3. The van der Waals surface area contributed by atoms with E-state index >= 15 is 0 Å². The topological polar surface area (TPSA) is 36.4 Å². The molecule has 0 atom stereocenters. The molecule has 1 aromatic carbocycles. The first-order valence-electron chi connectivity index (χ1n) is 7.70. The second kappa shape index (κ2) is 5.82. The average Bonchev–Trinajstić information content (AvgIpc) is 2.47. The van der Waals surface area contributed by atoms with Crippen LogP contribution in [0.15, 0.2) is 29.3 Å². The maximum Gasteiger partial charge on any atom is 0.416 e. The molecule has 120 valence electrons. The van der Waals surface area contributed by atoms with Crippen molar-refractivity contribution in [3.63, 3.8) is 0 Å². The molecule has 22 heavy (non-hydrogen) atoms. The van der Waals surface area contributed by atoms with Gasteiger partial charge in [-0.05, 0) is 30.9 Å². The Hall–Kier alpha value is -1.72. The van der Waals surface area contributed by atoms with Gasteiger partial charge in [-0.15, -0.1) is 0 Å². The van der Waals surface area contributed by atoms with Crippen LogP contribution in [-0.2, 0) is 11.6 Å². The van der Waals surface area contributed by atoms with E-state index in [4.69, 9.17) is 0 Å². The van der Waals surface area contributed by atoms with E-state index in [-0.39, 0.29) is 5.41 Å². The van der Waals surface area contributed by atoms with Crippen molar-refractivity contribution in [3.8, 4) is 0 Å². The molecule has 0 saturated heterocycles. The van der Waals surface area contributed by atoms with Gasteiger partial charge in [0.05, 0.1) is 5.56 Å². The first-order valence-corrected chi connectivity index (χ1v) is 7.70. The van der Waals surface area contributed by atoms with Crippen LogP contribution < -0.4 is 10.6 Å². The Morgan fingerprint density at radius 1 is 1.23 bits per heavy atom. The summed E-state index contributed by atoms with van der Waals surface area (Å²) in [7, 11) is 0. The Kier molecular flexibility index (Phi) is 4.02. The molecule has 3 rings (SSSR count). The number of hydrogen-bond acceptors (Lipinski definition) is 3. The van der Waals surface area contributed by atoms with Gasteiger partial charge in [0, 0.05) is 25.0 Å². The van der Waals surface area contributed by atoms with E-state index < -0.39 is 11.7 Å². The number of guanidine groups is 1. The summed E-state index contributed by atoms with van der Waals surface area (Å²) in [6.45, 7) is 2.31. The van der Waals surface area contributed by atoms with E-state index in [2.05, 4.69) is 15.6 Å². The molecule has 0 aromatic heterocycles. The van der Waals surface area contributed by atoms with Crippen LogP contribution in [0.5, 0.6) is 0 Å². The minimum absolute atomic E-state index is 0.205. The van der Waals surface area contributed by atoms with Crippen molar-refractivity contribution in [2.45, 2.75) is 37.3 Å². The molecule has 3 nitrogen and oxygen atoms in total. The summed E-state index contributed by atoms with van der Waals surface area (Å²) in [5.41, 5.74) is 0.00464. The number of halogens is 3. The lowest BCUT2D eigenvalue weighted by Crippen LogP contribution is -2.50. The fraction of sp³-hybridized carbons (Fsp3) is 0.562. The summed E-state index contributed by atoms with van der Waals surface area (Å²) in [5, 5.41) is 6.46. The first kappa shape index (κ1) is 15.2. The molecule has 0 spiro atoms. The summed E-state index contributed by atoms with van der Waals surface area (Å²) in [6.07, 6.45) is -0.394. The van der Waals surface area contributed by atoms with E-state index in [0.717, 1.165) is 56.4 Å². The number of nitrogens with zero attached hydrogens (tertiary/aromatic N) is 1. The highest BCUT2D eigenvalue weighted by molar-refractivity contribution is 5.80. The van der Waals surface area contributed by atoms with E-state index in [9.17, 15) is 13.2 Å². The summed E-state index contributed by atoms with van der Waals surface area (Å²) in [5.74, 6) is 0.768. The highest BCUT2D eigenvalue weighted by Gasteiger charge is 2.40. The molecule has 1 heterocycles. The van der Waals surface area contributed by atoms with Gasteiger partial charge in [0.2, 0.25) is 0 Å². The van der Waals surface area contributed by atoms with E-state index in [1.807, 2.05) is 6.07 Å². The lowest BCUT2D eigenvalue weighted by Gasteiger charge is -2.43. The Morgan fingerprint density at radius 2 is 2.05 bits per heavy atom. The lowest BCUT2D eigenvalue weighted by molar-refractivity contribution is -0.137. The molecule has 0 unspecified atom stereocenters. The smallest absolute Gasteiger partial charge is 0.356 e. The number of alkyl halides is 3. The second-order valence-electron chi connectivity index (χ2n) is 6.08. The predicted octanol–water partition coefficient (Wildman–Crippen LogP) is 3.07. The van der Waals surface area contributed by atoms with E-state index in [1.54, 1.807) is 0 Å². The highest BCUT2D eigenvalue weighted by atomic mass is 19.4. The van der Waals surface area contributed by atoms with Gasteiger partial charge in [0.25, 0.3) is 0 Å². The molecule has 2 aliphatic rings. The average molecular weight is 311 g/mol. The van der Waals surface area contributed by atoms with Crippen molar-refractivity contribution in [2.24, 2.45) is 4.99 Å². The quantitative estimate of drug-likeness (QED) is 0.900. The third-order valence-corrected chi connectivity index (χ3v) is 4.60. The van der Waals surface area contributed by atoms with Gasteiger partial charge in [0.1, 0.15) is 0 Å². The van der Waals surface area contributed by atoms with Crippen molar-refractivity contribution >= 4 is 5.96 Å². The van der Waals surface area contributed by atoms with Gasteiger partial charge in [0.15, 0.2) is 5.96 Å². The molecule has 6 heteroatoms. The molecule has 0 amide bonds. The first-order chi connectivity index (χ1) is 10.5. The summed E-state index contributed by atoms with van der Waals surface area (Å²) < 4.78 is 38.7. The molecule has 1 aromatic rings. The zero-order valence-corrected chi connectivity index (χ0v) is 12.3. The van der Waals surface area contributed by atoms with Crippen LogP contribution >= 0.6 is 0 Å². The van der Waals surface area contributed by atoms with Gasteiger partial charge in [-0.3, -0.25) is 4.99 Å². The molecular formula is C16H20F3N3. The number of nitrogens with one attached hydrogen (secondary N) is 2. The van der Waals surface area contributed by atoms with E-state index in [1.165, 1.54) is 12.1 Å². The maximum absolute atomic E-state index is 12.9. The summed E-state index contributed by atoms with van der Waals surface area (Å²) in [4.78, 5) is 4.36. The van der Waals surface area contributed by atoms with Crippen molar-refractivity contribution in [1.82, 2.24) is 10.6 Å². The summed E-state index contributed by atoms with van der Waals surface area (Å²) in [6, 6.07) is 5.76. The molecule has 0 bridgehead atoms. The number of aliphatic imine (C=N–C) groups is 1. The Labute approximate surface area is 128 Å². The monoisotopic (exact) mass is 311 g/mol. The molecule has 1 aliphatic heterocycles.